The molecule has 1 heterocycles. The van der Waals surface area contributed by atoms with E-state index in [0.29, 0.717) is 3.79 Å². The second-order valence-electron chi connectivity index (χ2n) is 3.38. The van der Waals surface area contributed by atoms with Gasteiger partial charge in [0.1, 0.15) is 4.90 Å². The van der Waals surface area contributed by atoms with Crippen molar-refractivity contribution in [3.63, 3.8) is 0 Å². The van der Waals surface area contributed by atoms with Gasteiger partial charge in [0, 0.05) is 5.02 Å². The predicted octanol–water partition coefficient (Wildman–Crippen LogP) is 3.60. The molecule has 0 aliphatic heterocycles. The van der Waals surface area contributed by atoms with Gasteiger partial charge in [-0.05, 0) is 28.1 Å². The molecular formula is C9H6BrCl2N3O2S2. The topological polar surface area (TPSA) is 85.1 Å². The lowest BCUT2D eigenvalue weighted by atomic mass is 10.3. The van der Waals surface area contributed by atoms with Crippen molar-refractivity contribution >= 4 is 71.3 Å². The van der Waals surface area contributed by atoms with Crippen molar-refractivity contribution < 1.29 is 8.42 Å². The average Bonchev–Trinajstić information content (AvgIpc) is 2.60. The minimum absolute atomic E-state index is 0.0272. The van der Waals surface area contributed by atoms with E-state index in [4.69, 9.17) is 28.9 Å². The minimum Gasteiger partial charge on any atom is -0.398 e. The van der Waals surface area contributed by atoms with Crippen LogP contribution < -0.4 is 10.5 Å². The zero-order valence-corrected chi connectivity index (χ0v) is 13.8. The third-order valence-electron chi connectivity index (χ3n) is 2.00. The van der Waals surface area contributed by atoms with Gasteiger partial charge in [-0.3, -0.25) is 4.72 Å². The number of sulfonamides is 1. The van der Waals surface area contributed by atoms with Crippen LogP contribution in [0.5, 0.6) is 0 Å². The Morgan fingerprint density at radius 2 is 2.05 bits per heavy atom. The zero-order chi connectivity index (χ0) is 14.2. The number of hydrogen-bond acceptors (Lipinski definition) is 5. The number of halogens is 3. The van der Waals surface area contributed by atoms with Gasteiger partial charge in [0.05, 0.1) is 20.7 Å². The van der Waals surface area contributed by atoms with Crippen molar-refractivity contribution in [3.05, 3.63) is 32.2 Å². The number of benzene rings is 1. The first-order valence-corrected chi connectivity index (χ1v) is 8.53. The van der Waals surface area contributed by atoms with Crippen LogP contribution in [0.25, 0.3) is 0 Å². The molecule has 19 heavy (non-hydrogen) atoms. The summed E-state index contributed by atoms with van der Waals surface area (Å²) in [6.45, 7) is 0. The van der Waals surface area contributed by atoms with Crippen LogP contribution >= 0.6 is 50.5 Å². The SMILES string of the molecule is Nc1cc(Cl)cc(Cl)c1S(=O)(=O)Nc1ncc(Br)s1. The minimum atomic E-state index is -3.92. The normalized spacial score (nSPS) is 11.5. The molecule has 0 radical (unpaired) electrons. The van der Waals surface area contributed by atoms with Crippen LogP contribution in [0, 0.1) is 0 Å². The molecule has 0 saturated carbocycles. The number of aromatic nitrogens is 1. The first-order valence-electron chi connectivity index (χ1n) is 4.68. The Morgan fingerprint density at radius 3 is 2.58 bits per heavy atom. The average molecular weight is 403 g/mol. The van der Waals surface area contributed by atoms with Gasteiger partial charge in [-0.2, -0.15) is 0 Å². The number of nitrogens with two attached hydrogens (primary N) is 1. The van der Waals surface area contributed by atoms with Crippen molar-refractivity contribution in [2.24, 2.45) is 0 Å². The number of anilines is 2. The molecule has 0 bridgehead atoms. The highest BCUT2D eigenvalue weighted by atomic mass is 79.9. The molecule has 2 rings (SSSR count). The van der Waals surface area contributed by atoms with E-state index in [1.165, 1.54) is 18.3 Å². The zero-order valence-electron chi connectivity index (χ0n) is 9.02. The smallest absolute Gasteiger partial charge is 0.267 e. The Morgan fingerprint density at radius 1 is 1.37 bits per heavy atom. The number of rotatable bonds is 3. The molecule has 0 aliphatic carbocycles. The molecule has 1 aromatic carbocycles. The van der Waals surface area contributed by atoms with E-state index >= 15 is 0 Å². The van der Waals surface area contributed by atoms with Crippen LogP contribution in [0.1, 0.15) is 0 Å². The molecule has 10 heteroatoms. The second-order valence-corrected chi connectivity index (χ2v) is 8.25. The van der Waals surface area contributed by atoms with Gasteiger partial charge in [0.2, 0.25) is 0 Å². The summed E-state index contributed by atoms with van der Waals surface area (Å²) in [7, 11) is -3.92. The van der Waals surface area contributed by atoms with Gasteiger partial charge < -0.3 is 5.73 Å². The summed E-state index contributed by atoms with van der Waals surface area (Å²) in [6.07, 6.45) is 1.48. The Kier molecular flexibility index (Phi) is 4.26. The predicted molar refractivity (Wildman–Crippen MR) is 81.5 cm³/mol. The Balaban J connectivity index is 2.45. The summed E-state index contributed by atoms with van der Waals surface area (Å²) in [5.74, 6) is 0. The van der Waals surface area contributed by atoms with Gasteiger partial charge >= 0.3 is 0 Å². The lowest BCUT2D eigenvalue weighted by Crippen LogP contribution is -2.15. The fraction of sp³-hybridized carbons (Fsp3) is 0. The number of nitrogen functional groups attached to an aromatic ring is 1. The van der Waals surface area contributed by atoms with Gasteiger partial charge in [0.15, 0.2) is 5.13 Å². The molecule has 0 saturated heterocycles. The number of nitrogens with zero attached hydrogens (tertiary/aromatic N) is 1. The summed E-state index contributed by atoms with van der Waals surface area (Å²) in [5.41, 5.74) is 5.63. The molecule has 0 aliphatic rings. The van der Waals surface area contributed by atoms with E-state index in [-0.39, 0.29) is 25.8 Å². The molecule has 0 atom stereocenters. The van der Waals surface area contributed by atoms with Gasteiger partial charge in [-0.25, -0.2) is 13.4 Å². The summed E-state index contributed by atoms with van der Waals surface area (Å²) >= 11 is 15.9. The van der Waals surface area contributed by atoms with Gasteiger partial charge in [-0.1, -0.05) is 34.5 Å². The highest BCUT2D eigenvalue weighted by Crippen LogP contribution is 2.33. The van der Waals surface area contributed by atoms with Crippen molar-refractivity contribution in [1.82, 2.24) is 4.98 Å². The number of nitrogens with one attached hydrogen (secondary N) is 1. The van der Waals surface area contributed by atoms with Crippen LogP contribution in [0.2, 0.25) is 10.0 Å². The molecule has 102 valence electrons. The number of hydrogen-bond donors (Lipinski definition) is 2. The van der Waals surface area contributed by atoms with Gasteiger partial charge in [0.25, 0.3) is 10.0 Å². The first kappa shape index (κ1) is 14.9. The van der Waals surface area contributed by atoms with Crippen molar-refractivity contribution in [2.75, 3.05) is 10.5 Å². The molecule has 3 N–H and O–H groups in total. The van der Waals surface area contributed by atoms with Crippen LogP contribution in [0.15, 0.2) is 27.0 Å². The molecule has 0 unspecified atom stereocenters. The van der Waals surface area contributed by atoms with Crippen molar-refractivity contribution in [2.45, 2.75) is 4.90 Å². The van der Waals surface area contributed by atoms with Crippen LogP contribution in [-0.2, 0) is 10.0 Å². The maximum atomic E-state index is 12.2. The molecular weight excluding hydrogens is 397 g/mol. The molecule has 2 aromatic rings. The van der Waals surface area contributed by atoms with E-state index < -0.39 is 10.0 Å². The maximum absolute atomic E-state index is 12.2. The van der Waals surface area contributed by atoms with Crippen LogP contribution in [0.3, 0.4) is 0 Å². The Hall–Kier alpha value is -0.540. The summed E-state index contributed by atoms with van der Waals surface area (Å²) < 4.78 is 27.4. The van der Waals surface area contributed by atoms with Crippen LogP contribution in [0.4, 0.5) is 10.8 Å². The summed E-state index contributed by atoms with van der Waals surface area (Å²) in [6, 6.07) is 2.63. The molecule has 0 amide bonds. The van der Waals surface area contributed by atoms with Crippen molar-refractivity contribution in [1.29, 1.82) is 0 Å². The standard InChI is InChI=1S/C9H6BrCl2N3O2S2/c10-7-3-14-9(18-7)15-19(16,17)8-5(12)1-4(11)2-6(8)13/h1-3H,13H2,(H,14,15). The Bertz CT molecular complexity index is 710. The maximum Gasteiger partial charge on any atom is 0.267 e. The Labute approximate surface area is 131 Å². The second kappa shape index (κ2) is 5.45. The third kappa shape index (κ3) is 3.32. The number of thiazole rings is 1. The first-order chi connectivity index (χ1) is 8.79. The third-order valence-corrected chi connectivity index (χ3v) is 5.61. The fourth-order valence-corrected chi connectivity index (χ4v) is 4.67. The van der Waals surface area contributed by atoms with E-state index in [1.54, 1.807) is 0 Å². The quantitative estimate of drug-likeness (QED) is 0.768. The van der Waals surface area contributed by atoms with E-state index in [9.17, 15) is 8.42 Å². The largest absolute Gasteiger partial charge is 0.398 e. The molecule has 1 aromatic heterocycles. The molecule has 0 fully saturated rings. The molecule has 0 spiro atoms. The monoisotopic (exact) mass is 401 g/mol. The molecule has 5 nitrogen and oxygen atoms in total. The van der Waals surface area contributed by atoms with E-state index in [0.717, 1.165) is 11.3 Å². The van der Waals surface area contributed by atoms with Gasteiger partial charge in [-0.15, -0.1) is 0 Å². The van der Waals surface area contributed by atoms with Crippen molar-refractivity contribution in [3.8, 4) is 0 Å². The summed E-state index contributed by atoms with van der Waals surface area (Å²) in [4.78, 5) is 3.66. The van der Waals surface area contributed by atoms with E-state index in [1.807, 2.05) is 0 Å². The van der Waals surface area contributed by atoms with Crippen LogP contribution in [-0.4, -0.2) is 13.4 Å². The lowest BCUT2D eigenvalue weighted by molar-refractivity contribution is 0.601. The summed E-state index contributed by atoms with van der Waals surface area (Å²) in [5, 5.41) is 0.420. The fourth-order valence-electron chi connectivity index (χ4n) is 1.33. The highest BCUT2D eigenvalue weighted by molar-refractivity contribution is 9.11. The van der Waals surface area contributed by atoms with E-state index in [2.05, 4.69) is 25.6 Å². The lowest BCUT2D eigenvalue weighted by Gasteiger charge is -2.10. The highest BCUT2D eigenvalue weighted by Gasteiger charge is 2.23.